The molecular weight excluding hydrogens is 464 g/mol. The van der Waals surface area contributed by atoms with Gasteiger partial charge in [0.05, 0.1) is 23.7 Å². The molecule has 0 aromatic carbocycles. The molecule has 4 heterocycles. The molecule has 174 valence electrons. The van der Waals surface area contributed by atoms with Crippen LogP contribution in [0.15, 0.2) is 24.8 Å². The van der Waals surface area contributed by atoms with Gasteiger partial charge in [-0.15, -0.1) is 12.4 Å². The second-order valence-corrected chi connectivity index (χ2v) is 7.31. The molecule has 0 bridgehead atoms. The van der Waals surface area contributed by atoms with E-state index < -0.39 is 35.7 Å². The van der Waals surface area contributed by atoms with Crippen molar-refractivity contribution in [2.45, 2.75) is 31.0 Å². The Balaban J connectivity index is 0.00000289. The fraction of sp³-hybridized carbons (Fsp3) is 0.444. The number of alkyl halides is 5. The lowest BCUT2D eigenvalue weighted by Crippen LogP contribution is -2.44. The van der Waals surface area contributed by atoms with Gasteiger partial charge in [0.25, 0.3) is 0 Å². The van der Waals surface area contributed by atoms with Crippen LogP contribution in [0.5, 0.6) is 0 Å². The molecule has 0 unspecified atom stereocenters. The van der Waals surface area contributed by atoms with E-state index >= 15 is 0 Å². The quantitative estimate of drug-likeness (QED) is 0.536. The maximum absolute atomic E-state index is 14.5. The average Bonchev–Trinajstić information content (AvgIpc) is 3.18. The van der Waals surface area contributed by atoms with Gasteiger partial charge < -0.3 is 5.32 Å². The van der Waals surface area contributed by atoms with Gasteiger partial charge in [0.15, 0.2) is 11.5 Å². The Morgan fingerprint density at radius 3 is 2.44 bits per heavy atom. The smallest absolute Gasteiger partial charge is 0.367 e. The van der Waals surface area contributed by atoms with Crippen LogP contribution in [0.2, 0.25) is 0 Å². The number of rotatable bonds is 5. The summed E-state index contributed by atoms with van der Waals surface area (Å²) in [6.45, 7) is -0.265. The van der Waals surface area contributed by atoms with Crippen molar-refractivity contribution < 1.29 is 26.3 Å². The highest BCUT2D eigenvalue weighted by atomic mass is 35.5. The zero-order chi connectivity index (χ0) is 22.2. The van der Waals surface area contributed by atoms with Crippen LogP contribution in [-0.4, -0.2) is 55.7 Å². The number of fused-ring (bicyclic) bond motifs is 1. The number of H-pyrrole nitrogens is 1. The number of halogens is 7. The van der Waals surface area contributed by atoms with Crippen LogP contribution in [0.25, 0.3) is 11.0 Å². The summed E-state index contributed by atoms with van der Waals surface area (Å²) in [5.74, 6) is -4.83. The van der Waals surface area contributed by atoms with Crippen LogP contribution in [0.4, 0.5) is 32.2 Å². The molecule has 0 radical (unpaired) electrons. The molecule has 3 aromatic rings. The van der Waals surface area contributed by atoms with E-state index in [1.807, 2.05) is 0 Å². The molecule has 2 N–H and O–H groups in total. The predicted molar refractivity (Wildman–Crippen MR) is 105 cm³/mol. The average molecular weight is 482 g/mol. The summed E-state index contributed by atoms with van der Waals surface area (Å²) >= 11 is 0. The summed E-state index contributed by atoms with van der Waals surface area (Å²) < 4.78 is 80.9. The van der Waals surface area contributed by atoms with E-state index in [0.717, 1.165) is 0 Å². The van der Waals surface area contributed by atoms with E-state index in [0.29, 0.717) is 29.7 Å². The number of hydrogen-bond acceptors (Lipinski definition) is 6. The lowest BCUT2D eigenvalue weighted by atomic mass is 10.0. The molecule has 1 aliphatic rings. The fourth-order valence-electron chi connectivity index (χ4n) is 3.53. The first-order chi connectivity index (χ1) is 14.6. The summed E-state index contributed by atoms with van der Waals surface area (Å²) in [7, 11) is 0. The first-order valence-electron chi connectivity index (χ1n) is 9.37. The topological polar surface area (TPSA) is 82.6 Å². The van der Waals surface area contributed by atoms with Crippen LogP contribution in [0.1, 0.15) is 24.1 Å². The number of aromatic amines is 1. The highest BCUT2D eigenvalue weighted by Crippen LogP contribution is 2.34. The van der Waals surface area contributed by atoms with Crippen LogP contribution in [-0.2, 0) is 12.1 Å². The number of pyridine rings is 1. The van der Waals surface area contributed by atoms with Gasteiger partial charge in [0.1, 0.15) is 17.8 Å². The number of nitrogens with zero attached hydrogens (tertiary/aromatic N) is 5. The Morgan fingerprint density at radius 2 is 1.78 bits per heavy atom. The molecule has 0 atom stereocenters. The largest absolute Gasteiger partial charge is 0.417 e. The maximum atomic E-state index is 14.5. The Morgan fingerprint density at radius 1 is 1.06 bits per heavy atom. The van der Waals surface area contributed by atoms with Crippen LogP contribution in [0.3, 0.4) is 0 Å². The summed E-state index contributed by atoms with van der Waals surface area (Å²) in [6, 6.07) is 0.0175. The van der Waals surface area contributed by atoms with E-state index in [4.69, 9.17) is 0 Å². The van der Waals surface area contributed by atoms with E-state index in [-0.39, 0.29) is 43.8 Å². The maximum Gasteiger partial charge on any atom is 0.417 e. The Hall–Kier alpha value is -2.67. The zero-order valence-corrected chi connectivity index (χ0v) is 17.2. The lowest BCUT2D eigenvalue weighted by Gasteiger charge is -2.34. The van der Waals surface area contributed by atoms with Gasteiger partial charge in [0, 0.05) is 25.3 Å². The van der Waals surface area contributed by atoms with Gasteiger partial charge in [-0.25, -0.2) is 14.4 Å². The van der Waals surface area contributed by atoms with Crippen molar-refractivity contribution in [2.24, 2.45) is 0 Å². The highest BCUT2D eigenvalue weighted by Gasteiger charge is 2.41. The van der Waals surface area contributed by atoms with Crippen LogP contribution >= 0.6 is 12.4 Å². The van der Waals surface area contributed by atoms with Gasteiger partial charge in [-0.3, -0.25) is 15.0 Å². The molecule has 4 rings (SSSR count). The van der Waals surface area contributed by atoms with E-state index in [1.165, 1.54) is 11.2 Å². The van der Waals surface area contributed by atoms with Gasteiger partial charge in [-0.05, 0) is 18.9 Å². The molecule has 1 fully saturated rings. The number of likely N-dealkylation sites (tertiary alicyclic amines) is 1. The monoisotopic (exact) mass is 481 g/mol. The first-order valence-corrected chi connectivity index (χ1v) is 9.37. The zero-order valence-electron chi connectivity index (χ0n) is 16.3. The second kappa shape index (κ2) is 9.06. The van der Waals surface area contributed by atoms with Crippen molar-refractivity contribution >= 4 is 29.3 Å². The molecule has 3 aromatic heterocycles. The Kier molecular flexibility index (Phi) is 6.79. The summed E-state index contributed by atoms with van der Waals surface area (Å²) in [4.78, 5) is 12.7. The number of aromatic nitrogens is 5. The molecule has 0 amide bonds. The van der Waals surface area contributed by atoms with Crippen molar-refractivity contribution in [1.29, 1.82) is 0 Å². The number of piperidine rings is 1. The van der Waals surface area contributed by atoms with Crippen molar-refractivity contribution in [3.63, 3.8) is 0 Å². The van der Waals surface area contributed by atoms with Gasteiger partial charge in [0.2, 0.25) is 0 Å². The summed E-state index contributed by atoms with van der Waals surface area (Å²) in [6.07, 6.45) is -0.642. The molecule has 14 heteroatoms. The molecule has 1 aliphatic heterocycles. The van der Waals surface area contributed by atoms with E-state index in [2.05, 4.69) is 30.5 Å². The Labute approximate surface area is 184 Å². The SMILES string of the molecule is Cl.Fc1cc(C(F)(F)F)cnc1C(F)(F)CN1CCC(Nc2ncnc3[nH]ncc23)CC1. The third-order valence-electron chi connectivity index (χ3n) is 5.11. The normalized spacial score (nSPS) is 16.2. The first kappa shape index (κ1) is 24.0. The molecule has 0 saturated carbocycles. The third-order valence-corrected chi connectivity index (χ3v) is 5.11. The minimum absolute atomic E-state index is 0. The van der Waals surface area contributed by atoms with Crippen LogP contribution in [0, 0.1) is 5.82 Å². The number of anilines is 1. The lowest BCUT2D eigenvalue weighted by molar-refractivity contribution is -0.138. The van der Waals surface area contributed by atoms with Crippen molar-refractivity contribution in [2.75, 3.05) is 25.0 Å². The molecule has 0 spiro atoms. The molecule has 0 aliphatic carbocycles. The van der Waals surface area contributed by atoms with Gasteiger partial charge >= 0.3 is 12.1 Å². The number of nitrogens with one attached hydrogen (secondary N) is 2. The molecule has 7 nitrogen and oxygen atoms in total. The minimum atomic E-state index is -4.86. The van der Waals surface area contributed by atoms with Crippen molar-refractivity contribution in [3.8, 4) is 0 Å². The molecule has 1 saturated heterocycles. The van der Waals surface area contributed by atoms with Crippen LogP contribution < -0.4 is 5.32 Å². The van der Waals surface area contributed by atoms with E-state index in [1.54, 1.807) is 6.20 Å². The van der Waals surface area contributed by atoms with Gasteiger partial charge in [-0.2, -0.15) is 27.1 Å². The standard InChI is InChI=1S/C18H17F6N7.ClH/c19-13-5-10(18(22,23)24)6-25-14(13)17(20,21)8-31-3-1-11(2-4-31)29-15-12-7-28-30-16(12)27-9-26-15;/h5-7,9,11H,1-4,8H2,(H2,26,27,28,29,30);1H. The fourth-order valence-corrected chi connectivity index (χ4v) is 3.53. The molecule has 32 heavy (non-hydrogen) atoms. The van der Waals surface area contributed by atoms with Crippen molar-refractivity contribution in [1.82, 2.24) is 30.0 Å². The predicted octanol–water partition coefficient (Wildman–Crippen LogP) is 4.00. The third kappa shape index (κ3) is 5.04. The summed E-state index contributed by atoms with van der Waals surface area (Å²) in [5.41, 5.74) is -2.13. The summed E-state index contributed by atoms with van der Waals surface area (Å²) in [5, 5.41) is 10.6. The second-order valence-electron chi connectivity index (χ2n) is 7.31. The van der Waals surface area contributed by atoms with E-state index in [9.17, 15) is 26.3 Å². The van der Waals surface area contributed by atoms with Gasteiger partial charge in [-0.1, -0.05) is 0 Å². The van der Waals surface area contributed by atoms with Crippen molar-refractivity contribution in [3.05, 3.63) is 41.9 Å². The minimum Gasteiger partial charge on any atom is -0.367 e. The Bertz CT molecular complexity index is 1070. The molecular formula is C18H18ClF6N7. The number of hydrogen-bond donors (Lipinski definition) is 2. The highest BCUT2D eigenvalue weighted by molar-refractivity contribution is 5.85.